The summed E-state index contributed by atoms with van der Waals surface area (Å²) in [6.45, 7) is 10.8. The molecule has 1 aliphatic rings. The summed E-state index contributed by atoms with van der Waals surface area (Å²) in [6, 6.07) is 1.44. The van der Waals surface area contributed by atoms with Gasteiger partial charge in [0.15, 0.2) is 0 Å². The zero-order valence-corrected chi connectivity index (χ0v) is 15.0. The van der Waals surface area contributed by atoms with Crippen molar-refractivity contribution in [3.8, 4) is 0 Å². The number of likely N-dealkylation sites (tertiary alicyclic amines) is 1. The Morgan fingerprint density at radius 3 is 2.38 bits per heavy atom. The number of nitrogens with one attached hydrogen (secondary N) is 1. The Kier molecular flexibility index (Phi) is 11.3. The first-order valence-electron chi connectivity index (χ1n) is 9.77. The minimum absolute atomic E-state index is 0.662. The molecule has 0 aromatic carbocycles. The van der Waals surface area contributed by atoms with Gasteiger partial charge in [0.1, 0.15) is 0 Å². The largest absolute Gasteiger partial charge is 0.313 e. The van der Waals surface area contributed by atoms with Gasteiger partial charge >= 0.3 is 0 Å². The number of hydrogen-bond donors (Lipinski definition) is 1. The predicted octanol–water partition coefficient (Wildman–Crippen LogP) is 4.98. The van der Waals surface area contributed by atoms with Gasteiger partial charge in [-0.15, -0.1) is 0 Å². The summed E-state index contributed by atoms with van der Waals surface area (Å²) in [6.07, 6.45) is 15.4. The van der Waals surface area contributed by atoms with Crippen molar-refractivity contribution in [2.75, 3.05) is 19.6 Å². The minimum Gasteiger partial charge on any atom is -0.313 e. The van der Waals surface area contributed by atoms with Gasteiger partial charge in [0, 0.05) is 12.1 Å². The van der Waals surface area contributed by atoms with Crippen LogP contribution in [-0.2, 0) is 0 Å². The lowest BCUT2D eigenvalue weighted by molar-refractivity contribution is 0.117. The fourth-order valence-corrected chi connectivity index (χ4v) is 3.64. The Labute approximate surface area is 134 Å². The summed E-state index contributed by atoms with van der Waals surface area (Å²) >= 11 is 0. The molecular weight excluding hydrogens is 256 g/mol. The third-order valence-corrected chi connectivity index (χ3v) is 5.01. The van der Waals surface area contributed by atoms with Crippen molar-refractivity contribution in [1.29, 1.82) is 0 Å². The molecule has 126 valence electrons. The molecule has 0 aromatic heterocycles. The summed E-state index contributed by atoms with van der Waals surface area (Å²) in [5.74, 6) is 0. The maximum Gasteiger partial charge on any atom is 0.0246 e. The van der Waals surface area contributed by atoms with E-state index in [4.69, 9.17) is 0 Å². The number of nitrogens with zero attached hydrogens (tertiary/aromatic N) is 1. The molecule has 0 aromatic rings. The Hall–Kier alpha value is -0.0800. The molecule has 1 fully saturated rings. The summed E-state index contributed by atoms with van der Waals surface area (Å²) in [5, 5.41) is 3.72. The van der Waals surface area contributed by atoms with Crippen LogP contribution in [0.1, 0.15) is 91.4 Å². The van der Waals surface area contributed by atoms with E-state index >= 15 is 0 Å². The molecule has 0 spiro atoms. The van der Waals surface area contributed by atoms with Gasteiger partial charge in [-0.3, -0.25) is 4.90 Å². The van der Waals surface area contributed by atoms with E-state index in [0.717, 1.165) is 6.04 Å². The van der Waals surface area contributed by atoms with Crippen molar-refractivity contribution < 1.29 is 0 Å². The lowest BCUT2D eigenvalue weighted by atomic mass is 9.95. The van der Waals surface area contributed by atoms with Crippen LogP contribution >= 0.6 is 0 Å². The average Bonchev–Trinajstić information content (AvgIpc) is 2.52. The summed E-state index contributed by atoms with van der Waals surface area (Å²) in [7, 11) is 0. The second kappa shape index (κ2) is 12.5. The molecule has 0 saturated carbocycles. The highest BCUT2D eigenvalue weighted by molar-refractivity contribution is 4.84. The first-order valence-corrected chi connectivity index (χ1v) is 9.77. The van der Waals surface area contributed by atoms with Crippen molar-refractivity contribution in [2.24, 2.45) is 0 Å². The predicted molar refractivity (Wildman–Crippen MR) is 95.0 cm³/mol. The summed E-state index contributed by atoms with van der Waals surface area (Å²) in [4.78, 5) is 2.78. The van der Waals surface area contributed by atoms with Gasteiger partial charge in [-0.1, -0.05) is 58.8 Å². The summed E-state index contributed by atoms with van der Waals surface area (Å²) < 4.78 is 0. The number of piperidine rings is 1. The van der Waals surface area contributed by atoms with Gasteiger partial charge in [-0.25, -0.2) is 0 Å². The van der Waals surface area contributed by atoms with Crippen LogP contribution in [0, 0.1) is 0 Å². The van der Waals surface area contributed by atoms with Crippen molar-refractivity contribution in [2.45, 2.75) is 103 Å². The van der Waals surface area contributed by atoms with Crippen LogP contribution in [0.5, 0.6) is 0 Å². The average molecular weight is 297 g/mol. The number of hydrogen-bond acceptors (Lipinski definition) is 2. The van der Waals surface area contributed by atoms with Gasteiger partial charge in [0.2, 0.25) is 0 Å². The third kappa shape index (κ3) is 8.21. The molecule has 0 amide bonds. The van der Waals surface area contributed by atoms with E-state index in [1.54, 1.807) is 0 Å². The Morgan fingerprint density at radius 2 is 1.67 bits per heavy atom. The quantitative estimate of drug-likeness (QED) is 0.511. The van der Waals surface area contributed by atoms with E-state index < -0.39 is 0 Å². The lowest BCUT2D eigenvalue weighted by Gasteiger charge is -2.39. The maximum absolute atomic E-state index is 3.72. The molecule has 21 heavy (non-hydrogen) atoms. The fraction of sp³-hybridized carbons (Fsp3) is 1.00. The smallest absolute Gasteiger partial charge is 0.0246 e. The standard InChI is InChI=1S/C19H40N2/c1-4-6-7-8-9-10-12-16-21-17-13-11-14-19(21)18(3)20-15-5-2/h18-20H,4-17H2,1-3H3. The molecule has 2 heteroatoms. The molecule has 0 radical (unpaired) electrons. The Morgan fingerprint density at radius 1 is 0.952 bits per heavy atom. The molecule has 2 nitrogen and oxygen atoms in total. The molecule has 0 aliphatic carbocycles. The van der Waals surface area contributed by atoms with Crippen LogP contribution in [0.2, 0.25) is 0 Å². The number of unbranched alkanes of at least 4 members (excludes halogenated alkanes) is 6. The van der Waals surface area contributed by atoms with Crippen LogP contribution in [-0.4, -0.2) is 36.6 Å². The second-order valence-corrected chi connectivity index (χ2v) is 6.96. The summed E-state index contributed by atoms with van der Waals surface area (Å²) in [5.41, 5.74) is 0. The first-order chi connectivity index (χ1) is 10.3. The Bertz CT molecular complexity index is 230. The molecule has 1 heterocycles. The van der Waals surface area contributed by atoms with Crippen LogP contribution < -0.4 is 5.32 Å². The van der Waals surface area contributed by atoms with Gasteiger partial charge in [0.25, 0.3) is 0 Å². The Balaban J connectivity index is 2.17. The van der Waals surface area contributed by atoms with Gasteiger partial charge in [0.05, 0.1) is 0 Å². The molecule has 1 saturated heterocycles. The first kappa shape index (κ1) is 19.0. The second-order valence-electron chi connectivity index (χ2n) is 6.96. The molecule has 1 rings (SSSR count). The zero-order chi connectivity index (χ0) is 15.3. The van der Waals surface area contributed by atoms with Crippen molar-refractivity contribution in [1.82, 2.24) is 10.2 Å². The van der Waals surface area contributed by atoms with E-state index in [9.17, 15) is 0 Å². The van der Waals surface area contributed by atoms with E-state index in [0.29, 0.717) is 6.04 Å². The highest BCUT2D eigenvalue weighted by atomic mass is 15.2. The van der Waals surface area contributed by atoms with E-state index in [-0.39, 0.29) is 0 Å². The van der Waals surface area contributed by atoms with Crippen molar-refractivity contribution in [3.05, 3.63) is 0 Å². The third-order valence-electron chi connectivity index (χ3n) is 5.01. The van der Waals surface area contributed by atoms with Gasteiger partial charge < -0.3 is 5.32 Å². The number of rotatable bonds is 12. The van der Waals surface area contributed by atoms with E-state index in [1.165, 1.54) is 90.3 Å². The van der Waals surface area contributed by atoms with Crippen molar-refractivity contribution >= 4 is 0 Å². The highest BCUT2D eigenvalue weighted by Crippen LogP contribution is 2.20. The van der Waals surface area contributed by atoms with Crippen LogP contribution in [0.25, 0.3) is 0 Å². The highest BCUT2D eigenvalue weighted by Gasteiger charge is 2.26. The van der Waals surface area contributed by atoms with E-state index in [1.807, 2.05) is 0 Å². The minimum atomic E-state index is 0.662. The monoisotopic (exact) mass is 296 g/mol. The molecule has 1 N–H and O–H groups in total. The topological polar surface area (TPSA) is 15.3 Å². The molecule has 0 bridgehead atoms. The van der Waals surface area contributed by atoms with Crippen LogP contribution in [0.4, 0.5) is 0 Å². The SMILES string of the molecule is CCCCCCCCCN1CCCCC1C(C)NCCC. The van der Waals surface area contributed by atoms with E-state index in [2.05, 4.69) is 31.0 Å². The molecule has 2 atom stereocenters. The van der Waals surface area contributed by atoms with Crippen molar-refractivity contribution in [3.63, 3.8) is 0 Å². The lowest BCUT2D eigenvalue weighted by Crippen LogP contribution is -2.51. The molecular formula is C19H40N2. The normalized spacial score (nSPS) is 21.6. The zero-order valence-electron chi connectivity index (χ0n) is 15.0. The fourth-order valence-electron chi connectivity index (χ4n) is 3.64. The van der Waals surface area contributed by atoms with Crippen LogP contribution in [0.15, 0.2) is 0 Å². The van der Waals surface area contributed by atoms with Gasteiger partial charge in [-0.05, 0) is 52.2 Å². The van der Waals surface area contributed by atoms with Gasteiger partial charge in [-0.2, -0.15) is 0 Å². The van der Waals surface area contributed by atoms with Crippen LogP contribution in [0.3, 0.4) is 0 Å². The molecule has 1 aliphatic heterocycles. The maximum atomic E-state index is 3.72. The molecule has 2 unspecified atom stereocenters.